The van der Waals surface area contributed by atoms with Crippen LogP contribution in [0.3, 0.4) is 0 Å². The van der Waals surface area contributed by atoms with Gasteiger partial charge in [0.15, 0.2) is 0 Å². The summed E-state index contributed by atoms with van der Waals surface area (Å²) in [6.07, 6.45) is 0.299. The Labute approximate surface area is 109 Å². The molecule has 0 aliphatic heterocycles. The molecule has 0 radical (unpaired) electrons. The molecule has 18 heavy (non-hydrogen) atoms. The van der Waals surface area contributed by atoms with Crippen LogP contribution in [0.5, 0.6) is 0 Å². The van der Waals surface area contributed by atoms with E-state index in [1.54, 1.807) is 0 Å². The Morgan fingerprint density at radius 2 is 2.06 bits per heavy atom. The molecule has 0 aliphatic rings. The van der Waals surface area contributed by atoms with Crippen molar-refractivity contribution in [1.29, 1.82) is 0 Å². The summed E-state index contributed by atoms with van der Waals surface area (Å²) in [5.41, 5.74) is 7.11. The summed E-state index contributed by atoms with van der Waals surface area (Å²) in [6.45, 7) is 2.02. The fourth-order valence-corrected chi connectivity index (χ4v) is 2.03. The number of amides is 1. The van der Waals surface area contributed by atoms with Gasteiger partial charge < -0.3 is 10.2 Å². The first-order chi connectivity index (χ1) is 8.65. The molecule has 2 rings (SSSR count). The summed E-state index contributed by atoms with van der Waals surface area (Å²) in [4.78, 5) is 10.6. The maximum absolute atomic E-state index is 10.6. The van der Waals surface area contributed by atoms with Crippen molar-refractivity contribution in [1.82, 2.24) is 10.2 Å². The summed E-state index contributed by atoms with van der Waals surface area (Å²) in [6, 6.07) is 7.83. The van der Waals surface area contributed by atoms with E-state index in [4.69, 9.17) is 10.2 Å². The van der Waals surface area contributed by atoms with Gasteiger partial charge in [0.1, 0.15) is 0 Å². The van der Waals surface area contributed by atoms with Crippen LogP contribution in [0.15, 0.2) is 33.9 Å². The van der Waals surface area contributed by atoms with Gasteiger partial charge in [-0.15, -0.1) is 10.2 Å². The van der Waals surface area contributed by atoms with Crippen LogP contribution >= 0.6 is 11.8 Å². The molecule has 1 amide bonds. The number of carbonyl (C=O) groups excluding carboxylic acids is 1. The van der Waals surface area contributed by atoms with Gasteiger partial charge in [-0.3, -0.25) is 4.79 Å². The number of nitrogens with two attached hydrogens (primary N) is 1. The summed E-state index contributed by atoms with van der Waals surface area (Å²) < 4.78 is 5.48. The standard InChI is InChI=1S/C12H13N3O2S/c1-8-2-4-9(5-3-8)11-14-15-12(17-11)18-7-6-10(13)16/h2-5H,6-7H2,1H3,(H2,13,16). The minimum absolute atomic E-state index is 0.299. The molecule has 2 aromatic rings. The van der Waals surface area contributed by atoms with E-state index in [0.29, 0.717) is 23.3 Å². The van der Waals surface area contributed by atoms with E-state index < -0.39 is 0 Å². The Morgan fingerprint density at radius 3 is 2.72 bits per heavy atom. The molecule has 0 unspecified atom stereocenters. The number of primary amides is 1. The molecule has 94 valence electrons. The van der Waals surface area contributed by atoms with Crippen molar-refractivity contribution in [3.05, 3.63) is 29.8 Å². The van der Waals surface area contributed by atoms with Gasteiger partial charge in [-0.2, -0.15) is 0 Å². The van der Waals surface area contributed by atoms with E-state index in [1.807, 2.05) is 31.2 Å². The zero-order chi connectivity index (χ0) is 13.0. The Bertz CT molecular complexity index is 537. The predicted molar refractivity (Wildman–Crippen MR) is 69.0 cm³/mol. The molecule has 0 fully saturated rings. The summed E-state index contributed by atoms with van der Waals surface area (Å²) in [5, 5.41) is 8.32. The highest BCUT2D eigenvalue weighted by atomic mass is 32.2. The first-order valence-corrected chi connectivity index (χ1v) is 6.45. The van der Waals surface area contributed by atoms with E-state index in [2.05, 4.69) is 10.2 Å². The number of hydrogen-bond acceptors (Lipinski definition) is 5. The molecule has 1 heterocycles. The molecule has 0 aliphatic carbocycles. The zero-order valence-corrected chi connectivity index (χ0v) is 10.7. The van der Waals surface area contributed by atoms with E-state index in [9.17, 15) is 4.79 Å². The van der Waals surface area contributed by atoms with Crippen molar-refractivity contribution in [2.45, 2.75) is 18.6 Å². The van der Waals surface area contributed by atoms with Gasteiger partial charge in [0.2, 0.25) is 11.8 Å². The van der Waals surface area contributed by atoms with Gasteiger partial charge in [0, 0.05) is 17.7 Å². The highest BCUT2D eigenvalue weighted by Gasteiger charge is 2.09. The Balaban J connectivity index is 2.01. The van der Waals surface area contributed by atoms with Gasteiger partial charge in [-0.1, -0.05) is 29.5 Å². The number of benzene rings is 1. The maximum atomic E-state index is 10.6. The fraction of sp³-hybridized carbons (Fsp3) is 0.250. The first kappa shape index (κ1) is 12.6. The van der Waals surface area contributed by atoms with E-state index >= 15 is 0 Å². The van der Waals surface area contributed by atoms with Gasteiger partial charge >= 0.3 is 0 Å². The third-order valence-electron chi connectivity index (χ3n) is 2.28. The van der Waals surface area contributed by atoms with E-state index in [1.165, 1.54) is 17.3 Å². The van der Waals surface area contributed by atoms with Crippen molar-refractivity contribution < 1.29 is 9.21 Å². The molecule has 0 bridgehead atoms. The average molecular weight is 263 g/mol. The molecule has 2 N–H and O–H groups in total. The van der Waals surface area contributed by atoms with Gasteiger partial charge in [-0.05, 0) is 19.1 Å². The van der Waals surface area contributed by atoms with Crippen LogP contribution in [0.1, 0.15) is 12.0 Å². The van der Waals surface area contributed by atoms with Crippen LogP contribution in [0, 0.1) is 6.92 Å². The van der Waals surface area contributed by atoms with Gasteiger partial charge in [0.05, 0.1) is 0 Å². The number of aromatic nitrogens is 2. The van der Waals surface area contributed by atoms with Crippen molar-refractivity contribution in [2.75, 3.05) is 5.75 Å². The van der Waals surface area contributed by atoms with Crippen LogP contribution in [0.2, 0.25) is 0 Å². The molecule has 5 nitrogen and oxygen atoms in total. The monoisotopic (exact) mass is 263 g/mol. The number of rotatable bonds is 5. The second-order valence-corrected chi connectivity index (χ2v) is 4.85. The summed E-state index contributed by atoms with van der Waals surface area (Å²) >= 11 is 1.33. The lowest BCUT2D eigenvalue weighted by molar-refractivity contribution is -0.117. The highest BCUT2D eigenvalue weighted by molar-refractivity contribution is 7.99. The van der Waals surface area contributed by atoms with Crippen molar-refractivity contribution in [3.8, 4) is 11.5 Å². The molecule has 0 saturated heterocycles. The molecule has 0 saturated carbocycles. The van der Waals surface area contributed by atoms with Gasteiger partial charge in [-0.25, -0.2) is 0 Å². The van der Waals surface area contributed by atoms with Crippen LogP contribution in [-0.2, 0) is 4.79 Å². The van der Waals surface area contributed by atoms with Crippen LogP contribution in [0.4, 0.5) is 0 Å². The molecule has 1 aromatic carbocycles. The molecule has 0 atom stereocenters. The third-order valence-corrected chi connectivity index (χ3v) is 3.10. The number of hydrogen-bond donors (Lipinski definition) is 1. The first-order valence-electron chi connectivity index (χ1n) is 5.47. The largest absolute Gasteiger partial charge is 0.411 e. The minimum Gasteiger partial charge on any atom is -0.411 e. The molecule has 1 aromatic heterocycles. The predicted octanol–water partition coefficient (Wildman–Crippen LogP) is 2.01. The normalized spacial score (nSPS) is 10.5. The van der Waals surface area contributed by atoms with Crippen molar-refractivity contribution in [3.63, 3.8) is 0 Å². The minimum atomic E-state index is -0.333. The van der Waals surface area contributed by atoms with Crippen molar-refractivity contribution in [2.24, 2.45) is 5.73 Å². The van der Waals surface area contributed by atoms with Crippen LogP contribution in [0.25, 0.3) is 11.5 Å². The second kappa shape index (κ2) is 5.68. The number of carbonyl (C=O) groups is 1. The van der Waals surface area contributed by atoms with E-state index in [0.717, 1.165) is 5.56 Å². The Kier molecular flexibility index (Phi) is 3.99. The summed E-state index contributed by atoms with van der Waals surface area (Å²) in [7, 11) is 0. The molecule has 0 spiro atoms. The quantitative estimate of drug-likeness (QED) is 0.834. The smallest absolute Gasteiger partial charge is 0.276 e. The average Bonchev–Trinajstić information content (AvgIpc) is 2.78. The second-order valence-electron chi connectivity index (χ2n) is 3.80. The fourth-order valence-electron chi connectivity index (χ4n) is 1.32. The highest BCUT2D eigenvalue weighted by Crippen LogP contribution is 2.23. The number of nitrogens with zero attached hydrogens (tertiary/aromatic N) is 2. The lowest BCUT2D eigenvalue weighted by Gasteiger charge is -1.95. The maximum Gasteiger partial charge on any atom is 0.276 e. The number of thioether (sulfide) groups is 1. The Hall–Kier alpha value is -1.82. The van der Waals surface area contributed by atoms with E-state index in [-0.39, 0.29) is 5.91 Å². The Morgan fingerprint density at radius 1 is 1.33 bits per heavy atom. The molecular formula is C12H13N3O2S. The van der Waals surface area contributed by atoms with Crippen molar-refractivity contribution >= 4 is 17.7 Å². The van der Waals surface area contributed by atoms with Crippen LogP contribution in [-0.4, -0.2) is 21.9 Å². The SMILES string of the molecule is Cc1ccc(-c2nnc(SCCC(N)=O)o2)cc1. The zero-order valence-electron chi connectivity index (χ0n) is 9.92. The number of aryl methyl sites for hydroxylation is 1. The van der Waals surface area contributed by atoms with Crippen LogP contribution < -0.4 is 5.73 Å². The van der Waals surface area contributed by atoms with Gasteiger partial charge in [0.25, 0.3) is 5.22 Å². The third kappa shape index (κ3) is 3.33. The summed E-state index contributed by atoms with van der Waals surface area (Å²) in [5.74, 6) is 0.697. The lowest BCUT2D eigenvalue weighted by atomic mass is 10.1. The topological polar surface area (TPSA) is 82.0 Å². The lowest BCUT2D eigenvalue weighted by Crippen LogP contribution is -2.10. The molecular weight excluding hydrogens is 250 g/mol. The molecule has 6 heteroatoms.